The molecule has 2 heterocycles. The van der Waals surface area contributed by atoms with Crippen molar-refractivity contribution < 1.29 is 9.53 Å². The molecule has 0 N–H and O–H groups in total. The molecule has 0 aliphatic carbocycles. The minimum Gasteiger partial charge on any atom is -0.462 e. The Hall–Kier alpha value is -1.20. The maximum atomic E-state index is 11.6. The fourth-order valence-corrected chi connectivity index (χ4v) is 2.20. The van der Waals surface area contributed by atoms with Crippen LogP contribution in [-0.4, -0.2) is 17.6 Å². The van der Waals surface area contributed by atoms with Gasteiger partial charge >= 0.3 is 5.97 Å². The highest BCUT2D eigenvalue weighted by molar-refractivity contribution is 9.10. The molecule has 17 heavy (non-hydrogen) atoms. The molecule has 0 amide bonds. The number of ether oxygens (including phenoxy) is 1. The lowest BCUT2D eigenvalue weighted by Gasteiger charge is -2.03. The number of thiophene rings is 1. The highest BCUT2D eigenvalue weighted by Gasteiger charge is 2.07. The fraction of sp³-hybridized carbons (Fsp3) is 0.167. The van der Waals surface area contributed by atoms with Gasteiger partial charge in [0.15, 0.2) is 0 Å². The molecule has 0 spiro atoms. The highest BCUT2D eigenvalue weighted by atomic mass is 79.9. The zero-order valence-corrected chi connectivity index (χ0v) is 11.3. The van der Waals surface area contributed by atoms with Crippen molar-refractivity contribution in [2.75, 3.05) is 6.61 Å². The molecule has 0 atom stereocenters. The van der Waals surface area contributed by atoms with Gasteiger partial charge in [0.05, 0.1) is 12.2 Å². The van der Waals surface area contributed by atoms with Gasteiger partial charge in [-0.25, -0.2) is 9.78 Å². The van der Waals surface area contributed by atoms with E-state index in [2.05, 4.69) is 20.9 Å². The molecule has 3 nitrogen and oxygen atoms in total. The van der Waals surface area contributed by atoms with E-state index in [1.165, 1.54) is 11.1 Å². The van der Waals surface area contributed by atoms with Gasteiger partial charge in [-0.05, 0) is 39.5 Å². The van der Waals surface area contributed by atoms with Crippen LogP contribution in [0.3, 0.4) is 0 Å². The molecule has 5 heteroatoms. The van der Waals surface area contributed by atoms with E-state index in [-0.39, 0.29) is 5.97 Å². The average molecular weight is 312 g/mol. The summed E-state index contributed by atoms with van der Waals surface area (Å²) in [6.45, 7) is 0.398. The Morgan fingerprint density at radius 1 is 1.41 bits per heavy atom. The largest absolute Gasteiger partial charge is 0.462 e. The molecule has 0 aliphatic heterocycles. The number of pyridine rings is 1. The third-order valence-corrected chi connectivity index (χ3v) is 3.53. The second-order valence-electron chi connectivity index (χ2n) is 3.33. The van der Waals surface area contributed by atoms with Crippen molar-refractivity contribution >= 4 is 33.2 Å². The molecule has 0 unspecified atom stereocenters. The van der Waals surface area contributed by atoms with Crippen LogP contribution in [0.2, 0.25) is 0 Å². The van der Waals surface area contributed by atoms with Crippen LogP contribution >= 0.6 is 27.3 Å². The number of halogens is 1. The van der Waals surface area contributed by atoms with Gasteiger partial charge in [-0.3, -0.25) is 0 Å². The number of rotatable bonds is 4. The Kier molecular flexibility index (Phi) is 4.28. The van der Waals surface area contributed by atoms with E-state index in [0.29, 0.717) is 16.8 Å². The van der Waals surface area contributed by atoms with Crippen molar-refractivity contribution in [2.45, 2.75) is 6.42 Å². The average Bonchev–Trinajstić information content (AvgIpc) is 2.83. The molecule has 0 bridgehead atoms. The number of hydrogen-bond acceptors (Lipinski definition) is 4. The van der Waals surface area contributed by atoms with Crippen molar-refractivity contribution in [2.24, 2.45) is 0 Å². The number of carbonyl (C=O) groups is 1. The van der Waals surface area contributed by atoms with E-state index in [4.69, 9.17) is 4.74 Å². The minimum absolute atomic E-state index is 0.332. The van der Waals surface area contributed by atoms with Gasteiger partial charge in [-0.2, -0.15) is 0 Å². The van der Waals surface area contributed by atoms with Crippen LogP contribution in [0.25, 0.3) is 0 Å². The Bertz CT molecular complexity index is 482. The second-order valence-corrected chi connectivity index (χ2v) is 5.18. The van der Waals surface area contributed by atoms with Crippen LogP contribution in [0.1, 0.15) is 15.2 Å². The summed E-state index contributed by atoms with van der Waals surface area (Å²) in [4.78, 5) is 16.8. The SMILES string of the molecule is O=C(OCCc1cccs1)c1ccc(Br)nc1. The topological polar surface area (TPSA) is 39.2 Å². The molecule has 0 saturated heterocycles. The minimum atomic E-state index is -0.332. The summed E-state index contributed by atoms with van der Waals surface area (Å²) in [7, 11) is 0. The summed E-state index contributed by atoms with van der Waals surface area (Å²) >= 11 is 4.87. The maximum absolute atomic E-state index is 11.6. The zero-order chi connectivity index (χ0) is 12.1. The lowest BCUT2D eigenvalue weighted by atomic mass is 10.3. The van der Waals surface area contributed by atoms with Gasteiger partial charge in [0.2, 0.25) is 0 Å². The first-order chi connectivity index (χ1) is 8.25. The van der Waals surface area contributed by atoms with Crippen LogP contribution in [0, 0.1) is 0 Å². The molecular weight excluding hydrogens is 302 g/mol. The highest BCUT2D eigenvalue weighted by Crippen LogP contribution is 2.10. The smallest absolute Gasteiger partial charge is 0.339 e. The predicted octanol–water partition coefficient (Wildman–Crippen LogP) is 3.31. The van der Waals surface area contributed by atoms with Gasteiger partial charge < -0.3 is 4.74 Å². The number of nitrogens with zero attached hydrogens (tertiary/aromatic N) is 1. The third-order valence-electron chi connectivity index (χ3n) is 2.12. The van der Waals surface area contributed by atoms with E-state index in [1.807, 2.05) is 17.5 Å². The van der Waals surface area contributed by atoms with E-state index < -0.39 is 0 Å². The Morgan fingerprint density at radius 3 is 2.94 bits per heavy atom. The van der Waals surface area contributed by atoms with Crippen LogP contribution < -0.4 is 0 Å². The lowest BCUT2D eigenvalue weighted by molar-refractivity contribution is 0.0509. The number of hydrogen-bond donors (Lipinski definition) is 0. The summed E-state index contributed by atoms with van der Waals surface area (Å²) in [5.41, 5.74) is 0.472. The number of carbonyl (C=O) groups excluding carboxylic acids is 1. The van der Waals surface area contributed by atoms with Gasteiger partial charge in [0.1, 0.15) is 4.60 Å². The molecule has 2 rings (SSSR count). The number of esters is 1. The molecule has 2 aromatic heterocycles. The van der Waals surface area contributed by atoms with E-state index in [0.717, 1.165) is 6.42 Å². The van der Waals surface area contributed by atoms with Crippen molar-refractivity contribution in [3.63, 3.8) is 0 Å². The molecular formula is C12H10BrNO2S. The first-order valence-corrected chi connectivity index (χ1v) is 6.74. The Balaban J connectivity index is 1.83. The van der Waals surface area contributed by atoms with E-state index >= 15 is 0 Å². The normalized spacial score (nSPS) is 10.2. The van der Waals surface area contributed by atoms with Gasteiger partial charge in [0.25, 0.3) is 0 Å². The van der Waals surface area contributed by atoms with Crippen LogP contribution in [0.15, 0.2) is 40.4 Å². The van der Waals surface area contributed by atoms with Gasteiger partial charge in [0, 0.05) is 17.5 Å². The standard InChI is InChI=1S/C12H10BrNO2S/c13-11-4-3-9(8-14-11)12(15)16-6-5-10-2-1-7-17-10/h1-4,7-8H,5-6H2. The molecule has 0 aromatic carbocycles. The summed E-state index contributed by atoms with van der Waals surface area (Å²) < 4.78 is 5.86. The van der Waals surface area contributed by atoms with Crippen molar-refractivity contribution in [1.82, 2.24) is 4.98 Å². The molecule has 0 fully saturated rings. The molecule has 2 aromatic rings. The quantitative estimate of drug-likeness (QED) is 0.642. The van der Waals surface area contributed by atoms with Crippen molar-refractivity contribution in [1.29, 1.82) is 0 Å². The Labute approximate surface area is 112 Å². The van der Waals surface area contributed by atoms with E-state index in [1.54, 1.807) is 23.5 Å². The molecule has 88 valence electrons. The van der Waals surface area contributed by atoms with Crippen LogP contribution in [-0.2, 0) is 11.2 Å². The third kappa shape index (κ3) is 3.64. The summed E-state index contributed by atoms with van der Waals surface area (Å²) in [5, 5.41) is 2.01. The first-order valence-electron chi connectivity index (χ1n) is 5.07. The maximum Gasteiger partial charge on any atom is 0.339 e. The van der Waals surface area contributed by atoms with Crippen LogP contribution in [0.4, 0.5) is 0 Å². The van der Waals surface area contributed by atoms with Gasteiger partial charge in [-0.1, -0.05) is 6.07 Å². The summed E-state index contributed by atoms with van der Waals surface area (Å²) in [5.74, 6) is -0.332. The lowest BCUT2D eigenvalue weighted by Crippen LogP contribution is -2.08. The predicted molar refractivity (Wildman–Crippen MR) is 70.2 cm³/mol. The molecule has 0 saturated carbocycles. The van der Waals surface area contributed by atoms with Crippen molar-refractivity contribution in [3.05, 3.63) is 50.9 Å². The molecule has 0 aliphatic rings. The monoisotopic (exact) mass is 311 g/mol. The van der Waals surface area contributed by atoms with E-state index in [9.17, 15) is 4.79 Å². The first kappa shape index (κ1) is 12.3. The number of aromatic nitrogens is 1. The Morgan fingerprint density at radius 2 is 2.29 bits per heavy atom. The van der Waals surface area contributed by atoms with Gasteiger partial charge in [-0.15, -0.1) is 11.3 Å². The second kappa shape index (κ2) is 5.93. The van der Waals surface area contributed by atoms with Crippen molar-refractivity contribution in [3.8, 4) is 0 Å². The van der Waals surface area contributed by atoms with Crippen LogP contribution in [0.5, 0.6) is 0 Å². The zero-order valence-electron chi connectivity index (χ0n) is 8.93. The summed E-state index contributed by atoms with van der Waals surface area (Å²) in [6, 6.07) is 7.42. The fourth-order valence-electron chi connectivity index (χ4n) is 1.28. The summed E-state index contributed by atoms with van der Waals surface area (Å²) in [6.07, 6.45) is 2.25. The molecule has 0 radical (unpaired) electrons.